The maximum Gasteiger partial charge on any atom is 0.237 e. The van der Waals surface area contributed by atoms with E-state index in [0.717, 1.165) is 37.2 Å². The van der Waals surface area contributed by atoms with Crippen molar-refractivity contribution in [3.05, 3.63) is 59.2 Å². The molecule has 1 saturated carbocycles. The molecule has 5 nitrogen and oxygen atoms in total. The topological polar surface area (TPSA) is 42.0 Å². The summed E-state index contributed by atoms with van der Waals surface area (Å²) in [6.07, 6.45) is 4.41. The summed E-state index contributed by atoms with van der Waals surface area (Å²) in [6.45, 7) is 4.27. The zero-order valence-electron chi connectivity index (χ0n) is 18.3. The molecule has 2 aromatic rings. The second-order valence-corrected chi connectivity index (χ2v) is 8.48. The lowest BCUT2D eigenvalue weighted by Gasteiger charge is -2.29. The van der Waals surface area contributed by atoms with Crippen LogP contribution in [0.4, 0.5) is 0 Å². The Morgan fingerprint density at radius 3 is 2.57 bits per heavy atom. The van der Waals surface area contributed by atoms with Crippen molar-refractivity contribution >= 4 is 5.91 Å². The summed E-state index contributed by atoms with van der Waals surface area (Å²) in [5, 5.41) is 0. The van der Waals surface area contributed by atoms with E-state index < -0.39 is 0 Å². The third-order valence-corrected chi connectivity index (χ3v) is 6.24. The average Bonchev–Trinajstić information content (AvgIpc) is 3.48. The number of aryl methyl sites for hydroxylation is 1. The summed E-state index contributed by atoms with van der Waals surface area (Å²) in [6, 6.07) is 15.3. The van der Waals surface area contributed by atoms with Crippen molar-refractivity contribution in [1.29, 1.82) is 0 Å². The molecule has 1 heterocycles. The van der Waals surface area contributed by atoms with Gasteiger partial charge in [0.1, 0.15) is 0 Å². The van der Waals surface area contributed by atoms with Crippen LogP contribution in [-0.2, 0) is 11.3 Å². The predicted molar refractivity (Wildman–Crippen MR) is 118 cm³/mol. The highest BCUT2D eigenvalue weighted by molar-refractivity contribution is 5.79. The number of carbonyl (C=O) groups is 1. The number of amides is 1. The van der Waals surface area contributed by atoms with Crippen molar-refractivity contribution in [2.24, 2.45) is 0 Å². The van der Waals surface area contributed by atoms with Gasteiger partial charge in [0.05, 0.1) is 26.8 Å². The van der Waals surface area contributed by atoms with E-state index in [9.17, 15) is 4.79 Å². The zero-order valence-corrected chi connectivity index (χ0v) is 18.3. The number of benzene rings is 2. The van der Waals surface area contributed by atoms with Gasteiger partial charge < -0.3 is 14.4 Å². The van der Waals surface area contributed by atoms with E-state index in [4.69, 9.17) is 9.47 Å². The van der Waals surface area contributed by atoms with Crippen LogP contribution < -0.4 is 9.47 Å². The van der Waals surface area contributed by atoms with Gasteiger partial charge in [-0.25, -0.2) is 0 Å². The van der Waals surface area contributed by atoms with Gasteiger partial charge in [-0.15, -0.1) is 0 Å². The first-order chi connectivity index (χ1) is 14.6. The minimum Gasteiger partial charge on any atom is -0.493 e. The number of nitrogens with zero attached hydrogens (tertiary/aromatic N) is 2. The molecule has 5 heteroatoms. The largest absolute Gasteiger partial charge is 0.493 e. The molecule has 4 rings (SSSR count). The summed E-state index contributed by atoms with van der Waals surface area (Å²) >= 11 is 0. The molecule has 30 heavy (non-hydrogen) atoms. The first kappa shape index (κ1) is 20.7. The second-order valence-electron chi connectivity index (χ2n) is 8.48. The molecule has 1 unspecified atom stereocenters. The van der Waals surface area contributed by atoms with Crippen molar-refractivity contribution in [1.82, 2.24) is 9.80 Å². The fraction of sp³-hybridized carbons (Fsp3) is 0.480. The molecule has 1 amide bonds. The molecule has 2 aliphatic rings. The van der Waals surface area contributed by atoms with Crippen LogP contribution in [-0.4, -0.2) is 49.1 Å². The second kappa shape index (κ2) is 9.09. The molecular weight excluding hydrogens is 376 g/mol. The van der Waals surface area contributed by atoms with Crippen LogP contribution in [0.5, 0.6) is 11.5 Å². The van der Waals surface area contributed by atoms with Crippen LogP contribution in [0.2, 0.25) is 0 Å². The summed E-state index contributed by atoms with van der Waals surface area (Å²) < 4.78 is 10.8. The fourth-order valence-corrected chi connectivity index (χ4v) is 4.54. The third-order valence-electron chi connectivity index (χ3n) is 6.24. The summed E-state index contributed by atoms with van der Waals surface area (Å²) in [5.41, 5.74) is 3.67. The zero-order chi connectivity index (χ0) is 21.1. The highest BCUT2D eigenvalue weighted by atomic mass is 16.5. The Bertz CT molecular complexity index is 894. The van der Waals surface area contributed by atoms with Gasteiger partial charge in [0.15, 0.2) is 11.5 Å². The Hall–Kier alpha value is -2.53. The van der Waals surface area contributed by atoms with Crippen LogP contribution in [0, 0.1) is 6.92 Å². The molecule has 1 saturated heterocycles. The maximum absolute atomic E-state index is 13.3. The van der Waals surface area contributed by atoms with E-state index >= 15 is 0 Å². The number of likely N-dealkylation sites (tertiary alicyclic amines) is 1. The van der Waals surface area contributed by atoms with Crippen molar-refractivity contribution in [3.63, 3.8) is 0 Å². The fourth-order valence-electron chi connectivity index (χ4n) is 4.54. The van der Waals surface area contributed by atoms with Crippen LogP contribution in [0.25, 0.3) is 0 Å². The highest BCUT2D eigenvalue weighted by Gasteiger charge is 2.35. The molecular formula is C25H32N2O3. The van der Waals surface area contributed by atoms with Gasteiger partial charge in [-0.2, -0.15) is 0 Å². The normalized spacial score (nSPS) is 18.7. The quantitative estimate of drug-likeness (QED) is 0.652. The van der Waals surface area contributed by atoms with Gasteiger partial charge in [0.25, 0.3) is 0 Å². The highest BCUT2D eigenvalue weighted by Crippen LogP contribution is 2.37. The van der Waals surface area contributed by atoms with E-state index in [2.05, 4.69) is 47.1 Å². The van der Waals surface area contributed by atoms with Crippen LogP contribution >= 0.6 is 0 Å². The smallest absolute Gasteiger partial charge is 0.237 e. The van der Waals surface area contributed by atoms with Crippen LogP contribution in [0.3, 0.4) is 0 Å². The Labute approximate surface area is 179 Å². The van der Waals surface area contributed by atoms with Crippen LogP contribution in [0.15, 0.2) is 42.5 Å². The monoisotopic (exact) mass is 408 g/mol. The van der Waals surface area contributed by atoms with Crippen LogP contribution in [0.1, 0.15) is 48.4 Å². The average molecular weight is 409 g/mol. The lowest BCUT2D eigenvalue weighted by atomic mass is 10.0. The molecule has 1 atom stereocenters. The number of methoxy groups -OCH3 is 2. The van der Waals surface area contributed by atoms with E-state index in [0.29, 0.717) is 18.3 Å². The SMILES string of the molecule is COc1ccc(C2CCCN2C(=O)CN(Cc2cccc(C)c2)C2CC2)cc1OC. The molecule has 0 N–H and O–H groups in total. The molecule has 1 aliphatic carbocycles. The molecule has 1 aliphatic heterocycles. The van der Waals surface area contributed by atoms with Gasteiger partial charge in [-0.05, 0) is 55.9 Å². The molecule has 2 fully saturated rings. The Balaban J connectivity index is 1.47. The van der Waals surface area contributed by atoms with Crippen molar-refractivity contribution in [2.45, 2.75) is 51.2 Å². The lowest BCUT2D eigenvalue weighted by molar-refractivity contribution is -0.133. The van der Waals surface area contributed by atoms with E-state index in [1.807, 2.05) is 12.1 Å². The lowest BCUT2D eigenvalue weighted by Crippen LogP contribution is -2.40. The molecule has 160 valence electrons. The summed E-state index contributed by atoms with van der Waals surface area (Å²) in [7, 11) is 3.29. The minimum atomic E-state index is 0.109. The van der Waals surface area contributed by atoms with Gasteiger partial charge in [-0.3, -0.25) is 9.69 Å². The Morgan fingerprint density at radius 2 is 1.87 bits per heavy atom. The third kappa shape index (κ3) is 4.62. The number of ether oxygens (including phenoxy) is 2. The number of carbonyl (C=O) groups excluding carboxylic acids is 1. The molecule has 0 aromatic heterocycles. The first-order valence-electron chi connectivity index (χ1n) is 10.9. The van der Waals surface area contributed by atoms with Gasteiger partial charge in [0, 0.05) is 19.1 Å². The number of hydrogen-bond acceptors (Lipinski definition) is 4. The Kier molecular flexibility index (Phi) is 6.28. The van der Waals surface area contributed by atoms with E-state index in [1.54, 1.807) is 14.2 Å². The number of rotatable bonds is 8. The minimum absolute atomic E-state index is 0.109. The van der Waals surface area contributed by atoms with Gasteiger partial charge in [-0.1, -0.05) is 35.9 Å². The van der Waals surface area contributed by atoms with Crippen molar-refractivity contribution < 1.29 is 14.3 Å². The van der Waals surface area contributed by atoms with E-state index in [1.165, 1.54) is 24.0 Å². The maximum atomic E-state index is 13.3. The number of hydrogen-bond donors (Lipinski definition) is 0. The summed E-state index contributed by atoms with van der Waals surface area (Å²) in [4.78, 5) is 17.8. The standard InChI is InChI=1S/C25H32N2O3/c1-18-6-4-7-19(14-18)16-26(21-10-11-21)17-25(28)27-13-5-8-22(27)20-9-12-23(29-2)24(15-20)30-3/h4,6-7,9,12,14-15,21-22H,5,8,10-11,13,16-17H2,1-3H3. The molecule has 0 radical (unpaired) electrons. The van der Waals surface area contributed by atoms with Crippen molar-refractivity contribution in [2.75, 3.05) is 27.3 Å². The predicted octanol–water partition coefficient (Wildman–Crippen LogP) is 4.34. The molecule has 0 bridgehead atoms. The Morgan fingerprint density at radius 1 is 1.07 bits per heavy atom. The summed E-state index contributed by atoms with van der Waals surface area (Å²) in [5.74, 6) is 1.66. The van der Waals surface area contributed by atoms with Gasteiger partial charge >= 0.3 is 0 Å². The van der Waals surface area contributed by atoms with Crippen molar-refractivity contribution in [3.8, 4) is 11.5 Å². The first-order valence-corrected chi connectivity index (χ1v) is 10.9. The van der Waals surface area contributed by atoms with E-state index in [-0.39, 0.29) is 11.9 Å². The molecule has 0 spiro atoms. The van der Waals surface area contributed by atoms with Gasteiger partial charge in [0.2, 0.25) is 5.91 Å². The molecule has 2 aromatic carbocycles.